The molecule has 0 aliphatic carbocycles. The Labute approximate surface area is 108 Å². The fourth-order valence-corrected chi connectivity index (χ4v) is 2.27. The number of aliphatic hydroxyl groups excluding tert-OH is 2. The van der Waals surface area contributed by atoms with Crippen LogP contribution in [0.4, 0.5) is 0 Å². The molecule has 1 aliphatic rings. The minimum absolute atomic E-state index is 0.0928. The number of carbonyl (C=O) groups is 1. The summed E-state index contributed by atoms with van der Waals surface area (Å²) in [4.78, 5) is 11.9. The van der Waals surface area contributed by atoms with Gasteiger partial charge in [0.1, 0.15) is 6.10 Å². The molecule has 0 aromatic heterocycles. The molecule has 18 heavy (non-hydrogen) atoms. The number of hydrogen-bond acceptors (Lipinski definition) is 5. The Kier molecular flexibility index (Phi) is 6.05. The molecule has 1 aliphatic heterocycles. The van der Waals surface area contributed by atoms with Crippen LogP contribution < -0.4 is 0 Å². The maximum absolute atomic E-state index is 11.9. The van der Waals surface area contributed by atoms with Crippen molar-refractivity contribution in [3.8, 4) is 0 Å². The van der Waals surface area contributed by atoms with Crippen LogP contribution in [0.5, 0.6) is 0 Å². The smallest absolute Gasteiger partial charge is 0.309 e. The second kappa shape index (κ2) is 7.07. The van der Waals surface area contributed by atoms with Crippen molar-refractivity contribution in [3.63, 3.8) is 0 Å². The number of aliphatic hydroxyl groups is 2. The van der Waals surface area contributed by atoms with Gasteiger partial charge in [-0.2, -0.15) is 0 Å². The van der Waals surface area contributed by atoms with Gasteiger partial charge in [0.25, 0.3) is 0 Å². The average Bonchev–Trinajstić information content (AvgIpc) is 2.34. The van der Waals surface area contributed by atoms with Crippen molar-refractivity contribution >= 4 is 5.97 Å². The molecule has 5 heteroatoms. The van der Waals surface area contributed by atoms with Crippen LogP contribution in [0.2, 0.25) is 0 Å². The van der Waals surface area contributed by atoms with Crippen molar-refractivity contribution in [1.29, 1.82) is 0 Å². The highest BCUT2D eigenvalue weighted by molar-refractivity contribution is 5.72. The minimum Gasteiger partial charge on any atom is -0.462 e. The van der Waals surface area contributed by atoms with Crippen LogP contribution in [0, 0.1) is 11.8 Å². The summed E-state index contributed by atoms with van der Waals surface area (Å²) in [6.45, 7) is 5.58. The first kappa shape index (κ1) is 15.4. The van der Waals surface area contributed by atoms with Crippen LogP contribution in [0.25, 0.3) is 0 Å². The largest absolute Gasteiger partial charge is 0.462 e. The SMILES string of the molecule is CCC(CC)C(=O)OC1CC(O)OC(CO)C1C. The monoisotopic (exact) mass is 260 g/mol. The first-order valence-corrected chi connectivity index (χ1v) is 6.68. The van der Waals surface area contributed by atoms with E-state index in [1.807, 2.05) is 20.8 Å². The molecule has 4 atom stereocenters. The van der Waals surface area contributed by atoms with Gasteiger partial charge in [-0.3, -0.25) is 4.79 Å². The molecule has 1 saturated heterocycles. The lowest BCUT2D eigenvalue weighted by Gasteiger charge is -2.37. The molecule has 0 saturated carbocycles. The van der Waals surface area contributed by atoms with Gasteiger partial charge in [-0.15, -0.1) is 0 Å². The molecular weight excluding hydrogens is 236 g/mol. The second-order valence-corrected chi connectivity index (χ2v) is 4.90. The highest BCUT2D eigenvalue weighted by Gasteiger charge is 2.37. The molecule has 2 N–H and O–H groups in total. The van der Waals surface area contributed by atoms with Crippen molar-refractivity contribution in [2.75, 3.05) is 6.61 Å². The Balaban J connectivity index is 2.61. The summed E-state index contributed by atoms with van der Waals surface area (Å²) >= 11 is 0. The van der Waals surface area contributed by atoms with Gasteiger partial charge in [0.2, 0.25) is 0 Å². The number of rotatable bonds is 5. The molecule has 1 fully saturated rings. The summed E-state index contributed by atoms with van der Waals surface area (Å²) in [6.07, 6.45) is -0.0772. The fraction of sp³-hybridized carbons (Fsp3) is 0.923. The maximum Gasteiger partial charge on any atom is 0.309 e. The number of esters is 1. The number of ether oxygens (including phenoxy) is 2. The van der Waals surface area contributed by atoms with Gasteiger partial charge in [-0.1, -0.05) is 20.8 Å². The molecule has 1 heterocycles. The predicted molar refractivity (Wildman–Crippen MR) is 65.7 cm³/mol. The van der Waals surface area contributed by atoms with E-state index >= 15 is 0 Å². The topological polar surface area (TPSA) is 76.0 Å². The van der Waals surface area contributed by atoms with Crippen LogP contribution in [0.1, 0.15) is 40.0 Å². The van der Waals surface area contributed by atoms with Gasteiger partial charge in [0.05, 0.1) is 18.6 Å². The number of hydrogen-bond donors (Lipinski definition) is 2. The van der Waals surface area contributed by atoms with Gasteiger partial charge >= 0.3 is 5.97 Å². The van der Waals surface area contributed by atoms with E-state index in [9.17, 15) is 9.90 Å². The molecule has 0 spiro atoms. The van der Waals surface area contributed by atoms with E-state index in [1.165, 1.54) is 0 Å². The summed E-state index contributed by atoms with van der Waals surface area (Å²) in [7, 11) is 0. The Hall–Kier alpha value is -0.650. The average molecular weight is 260 g/mol. The highest BCUT2D eigenvalue weighted by Crippen LogP contribution is 2.27. The van der Waals surface area contributed by atoms with Crippen LogP contribution in [-0.2, 0) is 14.3 Å². The summed E-state index contributed by atoms with van der Waals surface area (Å²) in [5.74, 6) is -0.427. The highest BCUT2D eigenvalue weighted by atomic mass is 16.6. The first-order chi connectivity index (χ1) is 8.53. The lowest BCUT2D eigenvalue weighted by molar-refractivity contribution is -0.228. The van der Waals surface area contributed by atoms with Crippen molar-refractivity contribution < 1.29 is 24.5 Å². The zero-order valence-electron chi connectivity index (χ0n) is 11.3. The van der Waals surface area contributed by atoms with E-state index in [-0.39, 0.29) is 36.9 Å². The van der Waals surface area contributed by atoms with E-state index < -0.39 is 12.4 Å². The Morgan fingerprint density at radius 1 is 1.44 bits per heavy atom. The fourth-order valence-electron chi connectivity index (χ4n) is 2.27. The third kappa shape index (κ3) is 3.67. The predicted octanol–water partition coefficient (Wildman–Crippen LogP) is 1.07. The van der Waals surface area contributed by atoms with Gasteiger partial charge in [0.15, 0.2) is 6.29 Å². The zero-order chi connectivity index (χ0) is 13.7. The Morgan fingerprint density at radius 2 is 2.06 bits per heavy atom. The Morgan fingerprint density at radius 3 is 2.56 bits per heavy atom. The molecule has 0 amide bonds. The summed E-state index contributed by atoms with van der Waals surface area (Å²) < 4.78 is 10.6. The van der Waals surface area contributed by atoms with Crippen LogP contribution >= 0.6 is 0 Å². The summed E-state index contributed by atoms with van der Waals surface area (Å²) in [5.41, 5.74) is 0. The second-order valence-electron chi connectivity index (χ2n) is 4.90. The van der Waals surface area contributed by atoms with E-state index in [4.69, 9.17) is 14.6 Å². The van der Waals surface area contributed by atoms with E-state index in [2.05, 4.69) is 0 Å². The molecule has 0 aromatic rings. The third-order valence-corrected chi connectivity index (χ3v) is 3.71. The molecule has 0 bridgehead atoms. The van der Waals surface area contributed by atoms with Gasteiger partial charge < -0.3 is 19.7 Å². The molecule has 0 aromatic carbocycles. The first-order valence-electron chi connectivity index (χ1n) is 6.68. The maximum atomic E-state index is 11.9. The quantitative estimate of drug-likeness (QED) is 0.723. The standard InChI is InChI=1S/C13H24O5/c1-4-9(5-2)13(16)18-10-6-12(15)17-11(7-14)8(10)3/h8-12,14-15H,4-7H2,1-3H3. The van der Waals surface area contributed by atoms with Crippen LogP contribution in [-0.4, -0.2) is 41.3 Å². The van der Waals surface area contributed by atoms with Gasteiger partial charge in [-0.25, -0.2) is 0 Å². The Bertz CT molecular complexity index is 264. The summed E-state index contributed by atoms with van der Waals surface area (Å²) in [6, 6.07) is 0. The van der Waals surface area contributed by atoms with Crippen molar-refractivity contribution in [2.24, 2.45) is 11.8 Å². The zero-order valence-corrected chi connectivity index (χ0v) is 11.3. The molecule has 0 radical (unpaired) electrons. The van der Waals surface area contributed by atoms with Gasteiger partial charge in [0, 0.05) is 12.3 Å². The van der Waals surface area contributed by atoms with E-state index in [1.54, 1.807) is 0 Å². The van der Waals surface area contributed by atoms with Crippen molar-refractivity contribution in [2.45, 2.75) is 58.5 Å². The summed E-state index contributed by atoms with van der Waals surface area (Å²) in [5, 5.41) is 18.7. The molecule has 4 unspecified atom stereocenters. The molecule has 5 nitrogen and oxygen atoms in total. The molecule has 1 rings (SSSR count). The van der Waals surface area contributed by atoms with Crippen molar-refractivity contribution in [1.82, 2.24) is 0 Å². The normalized spacial score (nSPS) is 32.6. The lowest BCUT2D eigenvalue weighted by atomic mass is 9.92. The van der Waals surface area contributed by atoms with Crippen molar-refractivity contribution in [3.05, 3.63) is 0 Å². The molecule has 106 valence electrons. The van der Waals surface area contributed by atoms with E-state index in [0.717, 1.165) is 12.8 Å². The van der Waals surface area contributed by atoms with Crippen LogP contribution in [0.3, 0.4) is 0 Å². The lowest BCUT2D eigenvalue weighted by Crippen LogP contribution is -2.46. The van der Waals surface area contributed by atoms with Gasteiger partial charge in [-0.05, 0) is 12.8 Å². The van der Waals surface area contributed by atoms with Crippen LogP contribution in [0.15, 0.2) is 0 Å². The third-order valence-electron chi connectivity index (χ3n) is 3.71. The number of carbonyl (C=O) groups excluding carboxylic acids is 1. The van der Waals surface area contributed by atoms with E-state index in [0.29, 0.717) is 0 Å². The molecular formula is C13H24O5. The minimum atomic E-state index is -0.974.